The first-order valence-electron chi connectivity index (χ1n) is 5.56. The molecule has 1 rings (SSSR count). The van der Waals surface area contributed by atoms with Crippen molar-refractivity contribution in [2.24, 2.45) is 10.7 Å². The Hall–Kier alpha value is -2.18. The number of nitrogens with one attached hydrogen (secondary N) is 2. The van der Waals surface area contributed by atoms with Crippen LogP contribution >= 0.6 is 0 Å². The molecular weight excluding hydrogens is 254 g/mol. The third-order valence-electron chi connectivity index (χ3n) is 1.88. The molecule has 7 heteroatoms. The van der Waals surface area contributed by atoms with Crippen molar-refractivity contribution in [1.82, 2.24) is 10.6 Å². The van der Waals surface area contributed by atoms with Crippen LogP contribution in [0, 0.1) is 11.6 Å². The zero-order valence-corrected chi connectivity index (χ0v) is 10.9. The molecule has 0 radical (unpaired) electrons. The minimum atomic E-state index is -0.734. The van der Waals surface area contributed by atoms with E-state index in [1.54, 1.807) is 20.8 Å². The van der Waals surface area contributed by atoms with Crippen LogP contribution in [0.1, 0.15) is 20.8 Å². The molecule has 2 amide bonds. The van der Waals surface area contributed by atoms with Gasteiger partial charge in [-0.1, -0.05) is 0 Å². The average Bonchev–Trinajstić information content (AvgIpc) is 2.20. The van der Waals surface area contributed by atoms with E-state index in [9.17, 15) is 13.6 Å². The molecule has 0 bridgehead atoms. The van der Waals surface area contributed by atoms with Crippen LogP contribution in [0.15, 0.2) is 23.2 Å². The van der Waals surface area contributed by atoms with Crippen LogP contribution in [0.3, 0.4) is 0 Å². The second-order valence-corrected chi connectivity index (χ2v) is 4.92. The Bertz CT molecular complexity index is 509. The van der Waals surface area contributed by atoms with E-state index in [2.05, 4.69) is 15.6 Å². The normalized spacial score (nSPS) is 12.2. The summed E-state index contributed by atoms with van der Waals surface area (Å²) in [7, 11) is 0. The topological polar surface area (TPSA) is 79.5 Å². The average molecular weight is 270 g/mol. The van der Waals surface area contributed by atoms with Crippen molar-refractivity contribution in [2.75, 3.05) is 0 Å². The van der Waals surface area contributed by atoms with E-state index >= 15 is 0 Å². The fourth-order valence-electron chi connectivity index (χ4n) is 1.22. The van der Waals surface area contributed by atoms with Crippen molar-refractivity contribution in [3.8, 4) is 0 Å². The van der Waals surface area contributed by atoms with Gasteiger partial charge in [0.1, 0.15) is 17.3 Å². The molecular formula is C12H16F2N4O. The van der Waals surface area contributed by atoms with Gasteiger partial charge in [-0.3, -0.25) is 5.32 Å². The minimum absolute atomic E-state index is 0.284. The standard InChI is InChI=1S/C12H16F2N4O/c1-12(2,3)18-11(19)17-10(15)16-9-6-7(13)4-5-8(9)14/h4-6H,1-3H3,(H4,15,16,17,18,19). The van der Waals surface area contributed by atoms with E-state index in [0.717, 1.165) is 18.2 Å². The Morgan fingerprint density at radius 3 is 2.53 bits per heavy atom. The van der Waals surface area contributed by atoms with Gasteiger partial charge in [0.25, 0.3) is 0 Å². The van der Waals surface area contributed by atoms with Crippen LogP contribution < -0.4 is 16.4 Å². The van der Waals surface area contributed by atoms with Crippen molar-refractivity contribution in [3.63, 3.8) is 0 Å². The van der Waals surface area contributed by atoms with Crippen molar-refractivity contribution in [2.45, 2.75) is 26.3 Å². The summed E-state index contributed by atoms with van der Waals surface area (Å²) >= 11 is 0. The highest BCUT2D eigenvalue weighted by Gasteiger charge is 2.14. The van der Waals surface area contributed by atoms with Gasteiger partial charge in [0.2, 0.25) is 5.96 Å². The Morgan fingerprint density at radius 2 is 1.95 bits per heavy atom. The summed E-state index contributed by atoms with van der Waals surface area (Å²) < 4.78 is 26.2. The molecule has 5 nitrogen and oxygen atoms in total. The summed E-state index contributed by atoms with van der Waals surface area (Å²) in [6.45, 7) is 5.35. The number of hydrogen-bond acceptors (Lipinski definition) is 2. The first-order valence-corrected chi connectivity index (χ1v) is 5.56. The fourth-order valence-corrected chi connectivity index (χ4v) is 1.22. The number of halogens is 2. The maximum atomic E-state index is 13.3. The van der Waals surface area contributed by atoms with Gasteiger partial charge in [-0.05, 0) is 32.9 Å². The number of hydrogen-bond donors (Lipinski definition) is 3. The molecule has 0 unspecified atom stereocenters. The Balaban J connectivity index is 2.77. The molecule has 1 aromatic rings. The quantitative estimate of drug-likeness (QED) is 0.539. The summed E-state index contributed by atoms with van der Waals surface area (Å²) in [5.41, 5.74) is 4.70. The van der Waals surface area contributed by atoms with Gasteiger partial charge in [0.15, 0.2) is 0 Å². The van der Waals surface area contributed by atoms with Crippen molar-refractivity contribution >= 4 is 17.7 Å². The zero-order valence-electron chi connectivity index (χ0n) is 10.9. The molecule has 0 aliphatic heterocycles. The van der Waals surface area contributed by atoms with Crippen LogP contribution in [0.5, 0.6) is 0 Å². The zero-order chi connectivity index (χ0) is 14.6. The van der Waals surface area contributed by atoms with E-state index < -0.39 is 23.2 Å². The number of carbonyl (C=O) groups is 1. The lowest BCUT2D eigenvalue weighted by molar-refractivity contribution is 0.236. The number of urea groups is 1. The second-order valence-electron chi connectivity index (χ2n) is 4.92. The maximum Gasteiger partial charge on any atom is 0.321 e. The van der Waals surface area contributed by atoms with Crippen molar-refractivity contribution in [3.05, 3.63) is 29.8 Å². The smallest absolute Gasteiger partial charge is 0.321 e. The molecule has 0 saturated carbocycles. The summed E-state index contributed by atoms with van der Waals surface area (Å²) in [6.07, 6.45) is 0. The highest BCUT2D eigenvalue weighted by Crippen LogP contribution is 2.18. The first kappa shape index (κ1) is 14.9. The number of benzene rings is 1. The van der Waals surface area contributed by atoms with Gasteiger partial charge < -0.3 is 11.1 Å². The third kappa shape index (κ3) is 5.33. The van der Waals surface area contributed by atoms with Crippen LogP contribution in [0.4, 0.5) is 19.3 Å². The lowest BCUT2D eigenvalue weighted by atomic mass is 10.1. The maximum absolute atomic E-state index is 13.3. The monoisotopic (exact) mass is 270 g/mol. The van der Waals surface area contributed by atoms with Gasteiger partial charge >= 0.3 is 6.03 Å². The molecule has 0 aliphatic carbocycles. The molecule has 0 aromatic heterocycles. The molecule has 0 saturated heterocycles. The highest BCUT2D eigenvalue weighted by atomic mass is 19.1. The van der Waals surface area contributed by atoms with Crippen LogP contribution in [-0.2, 0) is 0 Å². The Kier molecular flexibility index (Phi) is 4.42. The molecule has 0 spiro atoms. The van der Waals surface area contributed by atoms with E-state index in [0.29, 0.717) is 0 Å². The van der Waals surface area contributed by atoms with E-state index in [-0.39, 0.29) is 11.6 Å². The third-order valence-corrected chi connectivity index (χ3v) is 1.88. The number of aliphatic imine (C=N–C) groups is 1. The van der Waals surface area contributed by atoms with Crippen LogP contribution in [0.25, 0.3) is 0 Å². The summed E-state index contributed by atoms with van der Waals surface area (Å²) in [5, 5.41) is 4.80. The predicted molar refractivity (Wildman–Crippen MR) is 69.1 cm³/mol. The summed E-state index contributed by atoms with van der Waals surface area (Å²) in [4.78, 5) is 15.1. The number of carbonyl (C=O) groups excluding carboxylic acids is 1. The molecule has 0 fully saturated rings. The first-order chi connectivity index (χ1) is 8.67. The molecule has 0 heterocycles. The number of amides is 2. The number of nitrogens with zero attached hydrogens (tertiary/aromatic N) is 1. The molecule has 4 N–H and O–H groups in total. The van der Waals surface area contributed by atoms with E-state index in [4.69, 9.17) is 5.73 Å². The van der Waals surface area contributed by atoms with Crippen molar-refractivity contribution in [1.29, 1.82) is 0 Å². The molecule has 0 atom stereocenters. The molecule has 0 aliphatic rings. The summed E-state index contributed by atoms with van der Waals surface area (Å²) in [5.74, 6) is -1.71. The van der Waals surface area contributed by atoms with Gasteiger partial charge in [0, 0.05) is 11.6 Å². The lowest BCUT2D eigenvalue weighted by Crippen LogP contribution is -2.50. The van der Waals surface area contributed by atoms with Gasteiger partial charge in [-0.25, -0.2) is 18.6 Å². The minimum Gasteiger partial charge on any atom is -0.369 e. The van der Waals surface area contributed by atoms with Gasteiger partial charge in [0.05, 0.1) is 0 Å². The molecule has 1 aromatic carbocycles. The van der Waals surface area contributed by atoms with Crippen LogP contribution in [0.2, 0.25) is 0 Å². The van der Waals surface area contributed by atoms with Gasteiger partial charge in [-0.15, -0.1) is 0 Å². The van der Waals surface area contributed by atoms with Crippen molar-refractivity contribution < 1.29 is 13.6 Å². The van der Waals surface area contributed by atoms with Gasteiger partial charge in [-0.2, -0.15) is 0 Å². The predicted octanol–water partition coefficient (Wildman–Crippen LogP) is 2.01. The molecule has 104 valence electrons. The lowest BCUT2D eigenvalue weighted by Gasteiger charge is -2.20. The summed E-state index contributed by atoms with van der Waals surface area (Å²) in [6, 6.07) is 2.19. The Morgan fingerprint density at radius 1 is 1.32 bits per heavy atom. The fraction of sp³-hybridized carbons (Fsp3) is 0.333. The Labute approximate surface area is 109 Å². The number of nitrogens with two attached hydrogens (primary N) is 1. The number of guanidine groups is 1. The van der Waals surface area contributed by atoms with E-state index in [1.807, 2.05) is 0 Å². The van der Waals surface area contributed by atoms with Crippen LogP contribution in [-0.4, -0.2) is 17.5 Å². The second kappa shape index (κ2) is 5.64. The molecule has 19 heavy (non-hydrogen) atoms. The number of rotatable bonds is 1. The van der Waals surface area contributed by atoms with E-state index in [1.165, 1.54) is 0 Å². The SMILES string of the molecule is CC(C)(C)NC(=O)NC(N)=Nc1cc(F)ccc1F. The highest BCUT2D eigenvalue weighted by molar-refractivity contribution is 5.96. The largest absolute Gasteiger partial charge is 0.369 e.